The lowest BCUT2D eigenvalue weighted by atomic mass is 10.2. The fourth-order valence-electron chi connectivity index (χ4n) is 0.994. The van der Waals surface area contributed by atoms with Crippen LogP contribution in [-0.2, 0) is 4.74 Å². The van der Waals surface area contributed by atoms with Gasteiger partial charge >= 0.3 is 0 Å². The quantitative estimate of drug-likeness (QED) is 0.584. The molecule has 0 radical (unpaired) electrons. The maximum Gasteiger partial charge on any atom is 0.224 e. The Morgan fingerprint density at radius 3 is 3.00 bits per heavy atom. The molecule has 0 aliphatic rings. The average Bonchev–Trinajstić information content (AvgIpc) is 2.17. The number of nitrogens with zero attached hydrogens (tertiary/aromatic N) is 2. The summed E-state index contributed by atoms with van der Waals surface area (Å²) in [4.78, 5) is 7.75. The Hall–Kier alpha value is -1.20. The molecule has 0 spiro atoms. The van der Waals surface area contributed by atoms with Crippen LogP contribution in [0.2, 0.25) is 5.28 Å². The number of aromatic nitrogens is 2. The summed E-state index contributed by atoms with van der Waals surface area (Å²) in [5, 5.41) is 10.7. The van der Waals surface area contributed by atoms with Crippen molar-refractivity contribution in [1.29, 1.82) is 5.41 Å². The molecule has 0 amide bonds. The van der Waals surface area contributed by atoms with Crippen molar-refractivity contribution in [1.82, 2.24) is 9.97 Å². The average molecular weight is 215 g/mol. The highest BCUT2D eigenvalue weighted by Crippen LogP contribution is 2.13. The zero-order chi connectivity index (χ0) is 10.6. The lowest BCUT2D eigenvalue weighted by molar-refractivity contribution is 0.245. The topological polar surface area (TPSA) is 70.9 Å². The van der Waals surface area contributed by atoms with Gasteiger partial charge in [-0.3, -0.25) is 0 Å². The lowest BCUT2D eigenvalue weighted by Gasteiger charge is -2.07. The minimum atomic E-state index is 0.156. The van der Waals surface area contributed by atoms with E-state index in [1.165, 1.54) is 13.3 Å². The fourth-order valence-corrected chi connectivity index (χ4v) is 1.13. The first-order chi connectivity index (χ1) is 6.69. The van der Waals surface area contributed by atoms with Gasteiger partial charge in [-0.1, -0.05) is 0 Å². The van der Waals surface area contributed by atoms with Gasteiger partial charge in [0.05, 0.1) is 17.9 Å². The molecule has 0 aliphatic carbocycles. The van der Waals surface area contributed by atoms with Crippen molar-refractivity contribution in [2.45, 2.75) is 0 Å². The summed E-state index contributed by atoms with van der Waals surface area (Å²) >= 11 is 5.61. The van der Waals surface area contributed by atoms with Crippen molar-refractivity contribution < 1.29 is 4.74 Å². The first-order valence-corrected chi connectivity index (χ1v) is 4.34. The number of anilines is 1. The van der Waals surface area contributed by atoms with Gasteiger partial charge in [-0.05, 0) is 11.6 Å². The number of halogens is 1. The molecular formula is C8H11ClN4O. The Labute approximate surface area is 87.0 Å². The second kappa shape index (κ2) is 4.88. The standard InChI is InChI=1S/C8H11ClN4O/c1-11-7-5(6(10)4-14-2)3-12-8(9)13-7/h3,10H,4H2,1-2H3,(H,11,12,13). The van der Waals surface area contributed by atoms with E-state index in [-0.39, 0.29) is 11.9 Å². The maximum absolute atomic E-state index is 7.66. The van der Waals surface area contributed by atoms with E-state index in [1.54, 1.807) is 7.05 Å². The second-order valence-electron chi connectivity index (χ2n) is 2.56. The largest absolute Gasteiger partial charge is 0.378 e. The highest BCUT2D eigenvalue weighted by atomic mass is 35.5. The molecule has 0 bridgehead atoms. The van der Waals surface area contributed by atoms with Crippen molar-refractivity contribution in [2.75, 3.05) is 26.1 Å². The zero-order valence-corrected chi connectivity index (χ0v) is 8.72. The number of methoxy groups -OCH3 is 1. The molecule has 0 unspecified atom stereocenters. The highest BCUT2D eigenvalue weighted by molar-refractivity contribution is 6.28. The summed E-state index contributed by atoms with van der Waals surface area (Å²) in [5.74, 6) is 0.534. The number of hydrogen-bond donors (Lipinski definition) is 2. The number of hydrogen-bond acceptors (Lipinski definition) is 5. The van der Waals surface area contributed by atoms with Gasteiger partial charge in [-0.2, -0.15) is 0 Å². The summed E-state index contributed by atoms with van der Waals surface area (Å²) in [5.41, 5.74) is 0.910. The van der Waals surface area contributed by atoms with Gasteiger partial charge in [0.2, 0.25) is 5.28 Å². The molecule has 0 aromatic carbocycles. The van der Waals surface area contributed by atoms with Gasteiger partial charge in [-0.25, -0.2) is 9.97 Å². The van der Waals surface area contributed by atoms with E-state index in [4.69, 9.17) is 21.7 Å². The monoisotopic (exact) mass is 214 g/mol. The van der Waals surface area contributed by atoms with Gasteiger partial charge in [0.1, 0.15) is 5.82 Å². The second-order valence-corrected chi connectivity index (χ2v) is 2.90. The van der Waals surface area contributed by atoms with Gasteiger partial charge in [0.25, 0.3) is 0 Å². The van der Waals surface area contributed by atoms with Crippen molar-refractivity contribution in [3.05, 3.63) is 17.0 Å². The Balaban J connectivity index is 3.01. The molecular weight excluding hydrogens is 204 g/mol. The highest BCUT2D eigenvalue weighted by Gasteiger charge is 2.09. The smallest absolute Gasteiger partial charge is 0.224 e. The van der Waals surface area contributed by atoms with Crippen LogP contribution in [0.15, 0.2) is 6.20 Å². The van der Waals surface area contributed by atoms with Crippen molar-refractivity contribution in [3.8, 4) is 0 Å². The van der Waals surface area contributed by atoms with Crippen LogP contribution in [0.25, 0.3) is 0 Å². The molecule has 76 valence electrons. The molecule has 1 heterocycles. The third-order valence-electron chi connectivity index (χ3n) is 1.61. The molecule has 14 heavy (non-hydrogen) atoms. The van der Waals surface area contributed by atoms with Crippen molar-refractivity contribution in [2.24, 2.45) is 0 Å². The van der Waals surface area contributed by atoms with E-state index in [0.717, 1.165) is 0 Å². The Bertz CT molecular complexity index is 342. The van der Waals surface area contributed by atoms with E-state index >= 15 is 0 Å². The molecule has 0 fully saturated rings. The van der Waals surface area contributed by atoms with Crippen LogP contribution in [0, 0.1) is 5.41 Å². The SMILES string of the molecule is CNc1nc(Cl)ncc1C(=N)COC. The Morgan fingerprint density at radius 2 is 2.43 bits per heavy atom. The third-order valence-corrected chi connectivity index (χ3v) is 1.79. The molecule has 1 aromatic heterocycles. The van der Waals surface area contributed by atoms with Gasteiger partial charge in [-0.15, -0.1) is 0 Å². The minimum Gasteiger partial charge on any atom is -0.378 e. The molecule has 0 aliphatic heterocycles. The first kappa shape index (κ1) is 10.9. The van der Waals surface area contributed by atoms with Gasteiger partial charge in [0, 0.05) is 20.4 Å². The molecule has 1 rings (SSSR count). The number of ether oxygens (including phenoxy) is 1. The van der Waals surface area contributed by atoms with E-state index < -0.39 is 0 Å². The molecule has 1 aromatic rings. The summed E-state index contributed by atoms with van der Waals surface area (Å²) < 4.78 is 4.85. The molecule has 0 atom stereocenters. The van der Waals surface area contributed by atoms with Crippen LogP contribution < -0.4 is 5.32 Å². The van der Waals surface area contributed by atoms with Crippen molar-refractivity contribution >= 4 is 23.1 Å². The number of nitrogens with one attached hydrogen (secondary N) is 2. The van der Waals surface area contributed by atoms with Crippen LogP contribution in [0.4, 0.5) is 5.82 Å². The Kier molecular flexibility index (Phi) is 3.79. The maximum atomic E-state index is 7.66. The summed E-state index contributed by atoms with van der Waals surface area (Å²) in [6.45, 7) is 0.222. The van der Waals surface area contributed by atoms with Crippen LogP contribution in [0.1, 0.15) is 5.56 Å². The zero-order valence-electron chi connectivity index (χ0n) is 7.97. The predicted molar refractivity (Wildman–Crippen MR) is 55.3 cm³/mol. The predicted octanol–water partition coefficient (Wildman–Crippen LogP) is 1.19. The minimum absolute atomic E-state index is 0.156. The normalized spacial score (nSPS) is 9.93. The summed E-state index contributed by atoms with van der Waals surface area (Å²) in [6, 6.07) is 0. The molecule has 5 nitrogen and oxygen atoms in total. The molecule has 6 heteroatoms. The van der Waals surface area contributed by atoms with Crippen LogP contribution in [-0.4, -0.2) is 36.4 Å². The van der Waals surface area contributed by atoms with Crippen LogP contribution >= 0.6 is 11.6 Å². The Morgan fingerprint density at radius 1 is 1.71 bits per heavy atom. The van der Waals surface area contributed by atoms with Crippen molar-refractivity contribution in [3.63, 3.8) is 0 Å². The third kappa shape index (κ3) is 2.40. The van der Waals surface area contributed by atoms with E-state index in [2.05, 4.69) is 15.3 Å². The van der Waals surface area contributed by atoms with E-state index in [0.29, 0.717) is 17.1 Å². The lowest BCUT2D eigenvalue weighted by Crippen LogP contribution is -2.11. The number of rotatable bonds is 4. The molecule has 0 saturated heterocycles. The fraction of sp³-hybridized carbons (Fsp3) is 0.375. The summed E-state index contributed by atoms with van der Waals surface area (Å²) in [6.07, 6.45) is 1.50. The molecule has 2 N–H and O–H groups in total. The summed E-state index contributed by atoms with van der Waals surface area (Å²) in [7, 11) is 3.24. The molecule has 0 saturated carbocycles. The van der Waals surface area contributed by atoms with E-state index in [1.807, 2.05) is 0 Å². The van der Waals surface area contributed by atoms with Crippen LogP contribution in [0.5, 0.6) is 0 Å². The van der Waals surface area contributed by atoms with E-state index in [9.17, 15) is 0 Å². The van der Waals surface area contributed by atoms with Crippen LogP contribution in [0.3, 0.4) is 0 Å². The van der Waals surface area contributed by atoms with Gasteiger partial charge < -0.3 is 15.5 Å². The van der Waals surface area contributed by atoms with Gasteiger partial charge in [0.15, 0.2) is 0 Å². The first-order valence-electron chi connectivity index (χ1n) is 3.96.